The third kappa shape index (κ3) is 3.07. The number of alkyl halides is 3. The lowest BCUT2D eigenvalue weighted by atomic mass is 9.99. The van der Waals surface area contributed by atoms with E-state index in [4.69, 9.17) is 0 Å². The molecule has 1 aliphatic heterocycles. The highest BCUT2D eigenvalue weighted by molar-refractivity contribution is 5.09. The van der Waals surface area contributed by atoms with E-state index in [-0.39, 0.29) is 13.1 Å². The third-order valence-electron chi connectivity index (χ3n) is 2.55. The van der Waals surface area contributed by atoms with Gasteiger partial charge in [-0.3, -0.25) is 0 Å². The molecule has 0 aliphatic carbocycles. The Bertz CT molecular complexity index is 246. The topological polar surface area (TPSA) is 3.24 Å². The summed E-state index contributed by atoms with van der Waals surface area (Å²) in [5, 5.41) is 0. The standard InChI is InChI=1S/C9H12F5N/c1-6-2-4-15(5-3-6)7(8(10)11)9(12,13)14/h6H,2-5H2,1H3. The molecule has 6 heteroatoms. The Morgan fingerprint density at radius 2 is 1.60 bits per heavy atom. The molecule has 0 unspecified atom stereocenters. The van der Waals surface area contributed by atoms with Gasteiger partial charge in [0.25, 0.3) is 6.08 Å². The zero-order valence-electron chi connectivity index (χ0n) is 8.24. The molecule has 1 nitrogen and oxygen atoms in total. The number of hydrogen-bond donors (Lipinski definition) is 0. The molecule has 1 saturated heterocycles. The number of rotatable bonds is 1. The molecule has 0 aromatic carbocycles. The van der Waals surface area contributed by atoms with Crippen LogP contribution in [0.5, 0.6) is 0 Å². The van der Waals surface area contributed by atoms with Gasteiger partial charge in [-0.15, -0.1) is 0 Å². The predicted molar refractivity (Wildman–Crippen MR) is 45.3 cm³/mol. The van der Waals surface area contributed by atoms with E-state index in [1.54, 1.807) is 0 Å². The third-order valence-corrected chi connectivity index (χ3v) is 2.55. The zero-order valence-corrected chi connectivity index (χ0v) is 8.24. The predicted octanol–water partition coefficient (Wildman–Crippen LogP) is 3.39. The summed E-state index contributed by atoms with van der Waals surface area (Å²) in [5.74, 6) is 0.304. The highest BCUT2D eigenvalue weighted by Crippen LogP contribution is 2.34. The number of nitrogens with zero attached hydrogens (tertiary/aromatic N) is 1. The first kappa shape index (κ1) is 12.3. The fraction of sp³-hybridized carbons (Fsp3) is 0.778. The second-order valence-electron chi connectivity index (χ2n) is 3.78. The van der Waals surface area contributed by atoms with Crippen LogP contribution in [-0.4, -0.2) is 24.2 Å². The smallest absolute Gasteiger partial charge is 0.363 e. The summed E-state index contributed by atoms with van der Waals surface area (Å²) >= 11 is 0. The van der Waals surface area contributed by atoms with Crippen molar-refractivity contribution in [3.8, 4) is 0 Å². The highest BCUT2D eigenvalue weighted by atomic mass is 19.4. The first-order valence-electron chi connectivity index (χ1n) is 4.69. The lowest BCUT2D eigenvalue weighted by molar-refractivity contribution is -0.118. The molecule has 0 amide bonds. The van der Waals surface area contributed by atoms with Crippen LogP contribution in [0.4, 0.5) is 22.0 Å². The largest absolute Gasteiger partial charge is 0.436 e. The van der Waals surface area contributed by atoms with E-state index in [2.05, 4.69) is 0 Å². The molecule has 0 aromatic heterocycles. The summed E-state index contributed by atoms with van der Waals surface area (Å²) in [4.78, 5) is 0.731. The molecule has 1 rings (SSSR count). The second kappa shape index (κ2) is 4.37. The van der Waals surface area contributed by atoms with Gasteiger partial charge >= 0.3 is 6.18 Å². The van der Waals surface area contributed by atoms with Gasteiger partial charge in [0.2, 0.25) is 0 Å². The van der Waals surface area contributed by atoms with Crippen molar-refractivity contribution in [2.45, 2.75) is 25.9 Å². The molecule has 1 heterocycles. The van der Waals surface area contributed by atoms with Gasteiger partial charge in [-0.25, -0.2) is 0 Å². The van der Waals surface area contributed by atoms with Crippen LogP contribution in [0.2, 0.25) is 0 Å². The summed E-state index contributed by atoms with van der Waals surface area (Å²) in [5.41, 5.74) is -1.77. The van der Waals surface area contributed by atoms with Crippen LogP contribution in [0.25, 0.3) is 0 Å². The maximum Gasteiger partial charge on any atom is 0.436 e. The van der Waals surface area contributed by atoms with E-state index in [0.29, 0.717) is 18.8 Å². The van der Waals surface area contributed by atoms with Crippen molar-refractivity contribution >= 4 is 0 Å². The van der Waals surface area contributed by atoms with Crippen molar-refractivity contribution < 1.29 is 22.0 Å². The van der Waals surface area contributed by atoms with Gasteiger partial charge in [-0.1, -0.05) is 6.92 Å². The number of hydrogen-bond acceptors (Lipinski definition) is 1. The van der Waals surface area contributed by atoms with Gasteiger partial charge in [0.1, 0.15) is 0 Å². The number of allylic oxidation sites excluding steroid dienone is 1. The van der Waals surface area contributed by atoms with Crippen LogP contribution in [0.15, 0.2) is 11.8 Å². The normalized spacial score (nSPS) is 19.2. The number of likely N-dealkylation sites (tertiary alicyclic amines) is 1. The van der Waals surface area contributed by atoms with Gasteiger partial charge in [0.15, 0.2) is 5.70 Å². The van der Waals surface area contributed by atoms with Crippen molar-refractivity contribution in [3.05, 3.63) is 11.8 Å². The van der Waals surface area contributed by atoms with Crippen LogP contribution in [0, 0.1) is 5.92 Å². The molecule has 0 atom stereocenters. The molecule has 0 radical (unpaired) electrons. The SMILES string of the molecule is CC1CCN(C(=C(F)F)C(F)(F)F)CC1. The van der Waals surface area contributed by atoms with Crippen molar-refractivity contribution in [2.75, 3.05) is 13.1 Å². The number of piperidine rings is 1. The van der Waals surface area contributed by atoms with Crippen molar-refractivity contribution in [3.63, 3.8) is 0 Å². The Balaban J connectivity index is 2.80. The fourth-order valence-electron chi connectivity index (χ4n) is 1.64. The van der Waals surface area contributed by atoms with E-state index in [9.17, 15) is 22.0 Å². The minimum atomic E-state index is -4.96. The molecule has 0 aromatic rings. The van der Waals surface area contributed by atoms with Gasteiger partial charge in [0, 0.05) is 13.1 Å². The second-order valence-corrected chi connectivity index (χ2v) is 3.78. The first-order chi connectivity index (χ1) is 6.82. The quantitative estimate of drug-likeness (QED) is 0.623. The Labute approximate surface area is 84.6 Å². The summed E-state index contributed by atoms with van der Waals surface area (Å²) in [7, 11) is 0. The van der Waals surface area contributed by atoms with E-state index in [0.717, 1.165) is 4.90 Å². The monoisotopic (exact) mass is 229 g/mol. The van der Waals surface area contributed by atoms with Crippen molar-refractivity contribution in [2.24, 2.45) is 5.92 Å². The van der Waals surface area contributed by atoms with Gasteiger partial charge in [-0.2, -0.15) is 22.0 Å². The average Bonchev–Trinajstić information content (AvgIpc) is 2.05. The maximum atomic E-state index is 12.3. The van der Waals surface area contributed by atoms with Crippen LogP contribution in [0.1, 0.15) is 19.8 Å². The average molecular weight is 229 g/mol. The van der Waals surface area contributed by atoms with Crippen LogP contribution < -0.4 is 0 Å². The first-order valence-corrected chi connectivity index (χ1v) is 4.69. The number of halogens is 5. The molecule has 0 saturated carbocycles. The van der Waals surface area contributed by atoms with E-state index >= 15 is 0 Å². The Morgan fingerprint density at radius 3 is 1.93 bits per heavy atom. The minimum Gasteiger partial charge on any atom is -0.363 e. The summed E-state index contributed by atoms with van der Waals surface area (Å²) in [6, 6.07) is 0. The van der Waals surface area contributed by atoms with Crippen molar-refractivity contribution in [1.29, 1.82) is 0 Å². The molecule has 1 aliphatic rings. The van der Waals surface area contributed by atoms with Gasteiger partial charge < -0.3 is 4.90 Å². The minimum absolute atomic E-state index is 0.0490. The molecule has 0 N–H and O–H groups in total. The Kier molecular flexibility index (Phi) is 3.57. The lowest BCUT2D eigenvalue weighted by Gasteiger charge is -2.33. The highest BCUT2D eigenvalue weighted by Gasteiger charge is 2.42. The molecule has 0 bridgehead atoms. The van der Waals surface area contributed by atoms with Gasteiger partial charge in [-0.05, 0) is 18.8 Å². The zero-order chi connectivity index (χ0) is 11.6. The van der Waals surface area contributed by atoms with Crippen molar-refractivity contribution in [1.82, 2.24) is 4.90 Å². The molecular formula is C9H12F5N. The van der Waals surface area contributed by atoms with E-state index in [1.165, 1.54) is 0 Å². The van der Waals surface area contributed by atoms with E-state index < -0.39 is 18.0 Å². The Morgan fingerprint density at radius 1 is 1.13 bits per heavy atom. The molecule has 88 valence electrons. The fourth-order valence-corrected chi connectivity index (χ4v) is 1.64. The van der Waals surface area contributed by atoms with E-state index in [1.807, 2.05) is 6.92 Å². The summed E-state index contributed by atoms with van der Waals surface area (Å²) in [6.07, 6.45) is -6.56. The Hall–Kier alpha value is -0.810. The molecular weight excluding hydrogens is 217 g/mol. The lowest BCUT2D eigenvalue weighted by Crippen LogP contribution is -2.38. The van der Waals surface area contributed by atoms with Gasteiger partial charge in [0.05, 0.1) is 0 Å². The molecule has 1 fully saturated rings. The maximum absolute atomic E-state index is 12.3. The summed E-state index contributed by atoms with van der Waals surface area (Å²) in [6.45, 7) is 2.00. The van der Waals surface area contributed by atoms with Crippen LogP contribution in [0.3, 0.4) is 0 Å². The van der Waals surface area contributed by atoms with Crippen LogP contribution in [-0.2, 0) is 0 Å². The molecule has 0 spiro atoms. The van der Waals surface area contributed by atoms with Crippen LogP contribution >= 0.6 is 0 Å². The summed E-state index contributed by atoms with van der Waals surface area (Å²) < 4.78 is 61.2. The molecule has 15 heavy (non-hydrogen) atoms.